The quantitative estimate of drug-likeness (QED) is 0.479. The first kappa shape index (κ1) is 21.5. The maximum atomic E-state index is 11.1. The van der Waals surface area contributed by atoms with Gasteiger partial charge in [0, 0.05) is 35.9 Å². The summed E-state index contributed by atoms with van der Waals surface area (Å²) in [5, 5.41) is 6.66. The maximum absolute atomic E-state index is 11.1. The number of anilines is 2. The molecule has 0 aromatic heterocycles. The summed E-state index contributed by atoms with van der Waals surface area (Å²) in [5.74, 6) is 1.13. The van der Waals surface area contributed by atoms with E-state index in [0.29, 0.717) is 29.7 Å². The number of halogens is 1. The van der Waals surface area contributed by atoms with Crippen molar-refractivity contribution in [2.45, 2.75) is 27.0 Å². The second-order valence-corrected chi connectivity index (χ2v) is 7.39. The maximum Gasteiger partial charge on any atom is 0.221 e. The van der Waals surface area contributed by atoms with Crippen molar-refractivity contribution >= 4 is 28.9 Å². The molecular weight excluding hydrogens is 400 g/mol. The SMILES string of the molecule is COc1cc(CNc2ccc(NC(C)=O)cc2)c(Cl)cc1OCc1ccc(C)cc1. The zero-order valence-corrected chi connectivity index (χ0v) is 18.0. The molecule has 0 aliphatic carbocycles. The molecule has 30 heavy (non-hydrogen) atoms. The lowest BCUT2D eigenvalue weighted by Gasteiger charge is -2.15. The summed E-state index contributed by atoms with van der Waals surface area (Å²) in [6, 6.07) is 19.3. The van der Waals surface area contributed by atoms with Crippen LogP contribution in [0.3, 0.4) is 0 Å². The van der Waals surface area contributed by atoms with Crippen LogP contribution in [0, 0.1) is 6.92 Å². The summed E-state index contributed by atoms with van der Waals surface area (Å²) in [6.07, 6.45) is 0. The van der Waals surface area contributed by atoms with Gasteiger partial charge >= 0.3 is 0 Å². The molecule has 3 aromatic carbocycles. The van der Waals surface area contributed by atoms with Crippen LogP contribution < -0.4 is 20.1 Å². The van der Waals surface area contributed by atoms with E-state index in [0.717, 1.165) is 22.5 Å². The smallest absolute Gasteiger partial charge is 0.221 e. The highest BCUT2D eigenvalue weighted by Crippen LogP contribution is 2.34. The van der Waals surface area contributed by atoms with E-state index in [-0.39, 0.29) is 5.91 Å². The Morgan fingerprint density at radius 3 is 2.27 bits per heavy atom. The third-order valence-corrected chi connectivity index (χ3v) is 4.89. The number of rotatable bonds is 8. The Labute approximate surface area is 182 Å². The molecule has 0 saturated heterocycles. The van der Waals surface area contributed by atoms with Crippen LogP contribution >= 0.6 is 11.6 Å². The Morgan fingerprint density at radius 1 is 0.967 bits per heavy atom. The van der Waals surface area contributed by atoms with E-state index < -0.39 is 0 Å². The van der Waals surface area contributed by atoms with Gasteiger partial charge in [-0.25, -0.2) is 0 Å². The van der Waals surface area contributed by atoms with Crippen molar-refractivity contribution < 1.29 is 14.3 Å². The molecule has 0 saturated carbocycles. The Bertz CT molecular complexity index is 1000. The predicted octanol–water partition coefficient (Wildman–Crippen LogP) is 5.81. The van der Waals surface area contributed by atoms with Crippen molar-refractivity contribution in [3.8, 4) is 11.5 Å². The molecule has 3 aromatic rings. The summed E-state index contributed by atoms with van der Waals surface area (Å²) in [7, 11) is 1.61. The van der Waals surface area contributed by atoms with Crippen LogP contribution in [0.25, 0.3) is 0 Å². The Morgan fingerprint density at radius 2 is 1.63 bits per heavy atom. The fourth-order valence-corrected chi connectivity index (χ4v) is 3.12. The number of nitrogens with one attached hydrogen (secondary N) is 2. The molecule has 0 unspecified atom stereocenters. The number of aryl methyl sites for hydroxylation is 1. The second-order valence-electron chi connectivity index (χ2n) is 6.98. The molecule has 0 aliphatic heterocycles. The molecule has 3 rings (SSSR count). The van der Waals surface area contributed by atoms with Gasteiger partial charge in [-0.15, -0.1) is 0 Å². The lowest BCUT2D eigenvalue weighted by Crippen LogP contribution is -2.06. The Kier molecular flexibility index (Phi) is 7.20. The van der Waals surface area contributed by atoms with E-state index in [1.165, 1.54) is 12.5 Å². The van der Waals surface area contributed by atoms with Crippen molar-refractivity contribution in [2.75, 3.05) is 17.7 Å². The van der Waals surface area contributed by atoms with Crippen LogP contribution in [0.5, 0.6) is 11.5 Å². The summed E-state index contributed by atoms with van der Waals surface area (Å²) < 4.78 is 11.4. The van der Waals surface area contributed by atoms with Crippen LogP contribution in [0.15, 0.2) is 60.7 Å². The van der Waals surface area contributed by atoms with Crippen molar-refractivity contribution in [2.24, 2.45) is 0 Å². The van der Waals surface area contributed by atoms with E-state index in [2.05, 4.69) is 29.7 Å². The van der Waals surface area contributed by atoms with E-state index >= 15 is 0 Å². The number of hydrogen-bond donors (Lipinski definition) is 2. The lowest BCUT2D eigenvalue weighted by atomic mass is 10.1. The van der Waals surface area contributed by atoms with Crippen LogP contribution in [0.2, 0.25) is 5.02 Å². The second kappa shape index (κ2) is 10.0. The molecular formula is C24H25ClN2O3. The van der Waals surface area contributed by atoms with Gasteiger partial charge in [0.1, 0.15) is 6.61 Å². The molecule has 0 atom stereocenters. The first-order valence-corrected chi connectivity index (χ1v) is 9.98. The first-order chi connectivity index (χ1) is 14.4. The minimum absolute atomic E-state index is 0.0979. The van der Waals surface area contributed by atoms with Gasteiger partial charge in [0.15, 0.2) is 11.5 Å². The average Bonchev–Trinajstić information content (AvgIpc) is 2.73. The zero-order valence-electron chi connectivity index (χ0n) is 17.3. The number of benzene rings is 3. The highest BCUT2D eigenvalue weighted by molar-refractivity contribution is 6.31. The highest BCUT2D eigenvalue weighted by atomic mass is 35.5. The topological polar surface area (TPSA) is 59.6 Å². The van der Waals surface area contributed by atoms with Crippen molar-refractivity contribution in [1.29, 1.82) is 0 Å². The molecule has 0 aliphatic rings. The third kappa shape index (κ3) is 5.91. The number of carbonyl (C=O) groups is 1. The van der Waals surface area contributed by atoms with Crippen molar-refractivity contribution in [3.63, 3.8) is 0 Å². The fraction of sp³-hybridized carbons (Fsp3) is 0.208. The van der Waals surface area contributed by atoms with Gasteiger partial charge in [-0.05, 0) is 48.4 Å². The molecule has 0 spiro atoms. The average molecular weight is 425 g/mol. The van der Waals surface area contributed by atoms with Crippen LogP contribution in [0.4, 0.5) is 11.4 Å². The number of ether oxygens (including phenoxy) is 2. The molecule has 0 bridgehead atoms. The number of carbonyl (C=O) groups excluding carboxylic acids is 1. The summed E-state index contributed by atoms with van der Waals surface area (Å²) in [6.45, 7) is 4.49. The molecule has 0 radical (unpaired) electrons. The molecule has 0 fully saturated rings. The van der Waals surface area contributed by atoms with Crippen LogP contribution in [-0.2, 0) is 17.9 Å². The summed E-state index contributed by atoms with van der Waals surface area (Å²) in [5.41, 5.74) is 4.84. The minimum Gasteiger partial charge on any atom is -0.493 e. The van der Waals surface area contributed by atoms with E-state index in [4.69, 9.17) is 21.1 Å². The highest BCUT2D eigenvalue weighted by Gasteiger charge is 2.11. The number of amides is 1. The lowest BCUT2D eigenvalue weighted by molar-refractivity contribution is -0.114. The monoisotopic (exact) mass is 424 g/mol. The largest absolute Gasteiger partial charge is 0.493 e. The van der Waals surface area contributed by atoms with Crippen molar-refractivity contribution in [1.82, 2.24) is 0 Å². The molecule has 156 valence electrons. The number of methoxy groups -OCH3 is 1. The molecule has 2 N–H and O–H groups in total. The van der Waals surface area contributed by atoms with Crippen LogP contribution in [-0.4, -0.2) is 13.0 Å². The Hall–Kier alpha value is -3.18. The normalized spacial score (nSPS) is 10.4. The molecule has 1 amide bonds. The van der Waals surface area contributed by atoms with Gasteiger partial charge in [-0.2, -0.15) is 0 Å². The fourth-order valence-electron chi connectivity index (χ4n) is 2.90. The van der Waals surface area contributed by atoms with Gasteiger partial charge < -0.3 is 20.1 Å². The minimum atomic E-state index is -0.0979. The van der Waals surface area contributed by atoms with Gasteiger partial charge in [0.2, 0.25) is 5.91 Å². The van der Waals surface area contributed by atoms with Gasteiger partial charge in [0.25, 0.3) is 0 Å². The third-order valence-electron chi connectivity index (χ3n) is 4.54. The number of hydrogen-bond acceptors (Lipinski definition) is 4. The molecule has 6 heteroatoms. The zero-order chi connectivity index (χ0) is 21.5. The van der Waals surface area contributed by atoms with E-state index in [9.17, 15) is 4.79 Å². The molecule has 0 heterocycles. The standard InChI is InChI=1S/C24H25ClN2O3/c1-16-4-6-18(7-5-16)15-30-24-13-22(25)19(12-23(24)29-3)14-26-20-8-10-21(11-9-20)27-17(2)28/h4-13,26H,14-15H2,1-3H3,(H,27,28). The summed E-state index contributed by atoms with van der Waals surface area (Å²) in [4.78, 5) is 11.1. The predicted molar refractivity (Wildman–Crippen MR) is 122 cm³/mol. The van der Waals surface area contributed by atoms with Crippen LogP contribution in [0.1, 0.15) is 23.6 Å². The van der Waals surface area contributed by atoms with Gasteiger partial charge in [-0.1, -0.05) is 41.4 Å². The Balaban J connectivity index is 1.65. The van der Waals surface area contributed by atoms with E-state index in [1.54, 1.807) is 13.2 Å². The van der Waals surface area contributed by atoms with Gasteiger partial charge in [-0.3, -0.25) is 4.79 Å². The van der Waals surface area contributed by atoms with Gasteiger partial charge in [0.05, 0.1) is 7.11 Å². The van der Waals surface area contributed by atoms with E-state index in [1.807, 2.05) is 42.5 Å². The first-order valence-electron chi connectivity index (χ1n) is 9.61. The van der Waals surface area contributed by atoms with Crippen molar-refractivity contribution in [3.05, 3.63) is 82.4 Å². The molecule has 5 nitrogen and oxygen atoms in total. The summed E-state index contributed by atoms with van der Waals surface area (Å²) >= 11 is 6.49.